The van der Waals surface area contributed by atoms with Gasteiger partial charge >= 0.3 is 5.97 Å². The summed E-state index contributed by atoms with van der Waals surface area (Å²) < 4.78 is 21.5. The van der Waals surface area contributed by atoms with Crippen molar-refractivity contribution in [2.24, 2.45) is 0 Å². The van der Waals surface area contributed by atoms with Crippen molar-refractivity contribution < 1.29 is 33.0 Å². The molecule has 1 aliphatic heterocycles. The molecule has 0 aliphatic carbocycles. The van der Waals surface area contributed by atoms with Gasteiger partial charge in [0.25, 0.3) is 11.1 Å². The van der Waals surface area contributed by atoms with Crippen LogP contribution in [0.2, 0.25) is 0 Å². The number of hydrogen-bond acceptors (Lipinski definition) is 8. The molecule has 1 aromatic carbocycles. The number of carbonyl (C=O) groups excluding carboxylic acids is 3. The largest absolute Gasteiger partial charge is 0.492 e. The normalized spacial score (nSPS) is 15.1. The molecule has 2 heterocycles. The van der Waals surface area contributed by atoms with Gasteiger partial charge in [-0.15, -0.1) is 0 Å². The second kappa shape index (κ2) is 9.40. The van der Waals surface area contributed by atoms with Gasteiger partial charge in [0.05, 0.1) is 36.7 Å². The number of furan rings is 1. The highest BCUT2D eigenvalue weighted by atomic mass is 79.9. The second-order valence-electron chi connectivity index (χ2n) is 5.99. The highest BCUT2D eigenvalue weighted by molar-refractivity contribution is 9.10. The molecule has 0 radical (unpaired) electrons. The summed E-state index contributed by atoms with van der Waals surface area (Å²) in [7, 11) is 2.77. The molecular weight excluding hydrogens is 478 g/mol. The van der Waals surface area contributed by atoms with Crippen LogP contribution in [0.4, 0.5) is 4.79 Å². The maximum atomic E-state index is 12.8. The Morgan fingerprint density at radius 3 is 2.70 bits per heavy atom. The first-order chi connectivity index (χ1) is 14.4. The van der Waals surface area contributed by atoms with Crippen LogP contribution in [-0.4, -0.2) is 42.8 Å². The number of amides is 2. The van der Waals surface area contributed by atoms with Crippen LogP contribution >= 0.6 is 27.7 Å². The minimum absolute atomic E-state index is 0.00144. The van der Waals surface area contributed by atoms with Gasteiger partial charge < -0.3 is 18.6 Å². The van der Waals surface area contributed by atoms with Crippen molar-refractivity contribution in [2.75, 3.05) is 20.8 Å². The lowest BCUT2D eigenvalue weighted by Gasteiger charge is -2.12. The lowest BCUT2D eigenvalue weighted by Crippen LogP contribution is -2.27. The van der Waals surface area contributed by atoms with Gasteiger partial charge in [-0.25, -0.2) is 4.79 Å². The summed E-state index contributed by atoms with van der Waals surface area (Å²) in [5, 5.41) is -0.431. The molecule has 2 aromatic rings. The summed E-state index contributed by atoms with van der Waals surface area (Å²) in [5.74, 6) is 0.273. The molecule has 8 nitrogen and oxygen atoms in total. The van der Waals surface area contributed by atoms with E-state index in [2.05, 4.69) is 20.7 Å². The van der Waals surface area contributed by atoms with E-state index in [0.29, 0.717) is 33.9 Å². The molecule has 0 saturated carbocycles. The van der Waals surface area contributed by atoms with Crippen LogP contribution in [0.1, 0.15) is 28.8 Å². The molecule has 1 fully saturated rings. The number of imide groups is 1. The smallest absolute Gasteiger partial charge is 0.373 e. The third-order valence-corrected chi connectivity index (χ3v) is 5.57. The third-order valence-electron chi connectivity index (χ3n) is 4.07. The summed E-state index contributed by atoms with van der Waals surface area (Å²) in [4.78, 5) is 37.9. The summed E-state index contributed by atoms with van der Waals surface area (Å²) in [6, 6.07) is 6.45. The van der Waals surface area contributed by atoms with Gasteiger partial charge in [0, 0.05) is 0 Å². The van der Waals surface area contributed by atoms with E-state index in [1.807, 2.05) is 6.92 Å². The maximum Gasteiger partial charge on any atom is 0.373 e. The van der Waals surface area contributed by atoms with E-state index in [-0.39, 0.29) is 17.2 Å². The van der Waals surface area contributed by atoms with Crippen LogP contribution in [0, 0.1) is 0 Å². The van der Waals surface area contributed by atoms with Gasteiger partial charge in [-0.1, -0.05) is 0 Å². The number of benzene rings is 1. The topological polar surface area (TPSA) is 95.3 Å². The predicted octanol–water partition coefficient (Wildman–Crippen LogP) is 4.47. The van der Waals surface area contributed by atoms with Crippen molar-refractivity contribution >= 4 is 50.9 Å². The third kappa shape index (κ3) is 4.54. The first kappa shape index (κ1) is 22.0. The van der Waals surface area contributed by atoms with E-state index >= 15 is 0 Å². The molecule has 0 bridgehead atoms. The molecule has 0 atom stereocenters. The van der Waals surface area contributed by atoms with Gasteiger partial charge in [-0.2, -0.15) is 0 Å². The molecule has 1 aliphatic rings. The Morgan fingerprint density at radius 1 is 1.27 bits per heavy atom. The summed E-state index contributed by atoms with van der Waals surface area (Å²) in [6.07, 6.45) is 1.61. The van der Waals surface area contributed by atoms with Crippen LogP contribution in [0.3, 0.4) is 0 Å². The molecule has 30 heavy (non-hydrogen) atoms. The SMILES string of the molecule is CCOc1cc(/C=C2/SC(=O)N(Cc3ccc(C(=O)OC)o3)C2=O)cc(Br)c1OC. The Morgan fingerprint density at radius 2 is 2.03 bits per heavy atom. The van der Waals surface area contributed by atoms with Gasteiger partial charge in [0.2, 0.25) is 5.76 Å². The zero-order valence-corrected chi connectivity index (χ0v) is 18.8. The maximum absolute atomic E-state index is 12.8. The molecule has 1 saturated heterocycles. The number of rotatable bonds is 7. The standard InChI is InChI=1S/C20H18BrNO7S/c1-4-28-15-8-11(7-13(21)17(15)26-2)9-16-18(23)22(20(25)30-16)10-12-5-6-14(29-12)19(24)27-3/h5-9H,4,10H2,1-3H3/b16-9+. The zero-order chi connectivity index (χ0) is 21.8. The van der Waals surface area contributed by atoms with Crippen LogP contribution < -0.4 is 9.47 Å². The Labute approximate surface area is 185 Å². The fourth-order valence-corrected chi connectivity index (χ4v) is 4.21. The van der Waals surface area contributed by atoms with E-state index in [4.69, 9.17) is 13.9 Å². The van der Waals surface area contributed by atoms with E-state index < -0.39 is 17.1 Å². The Bertz CT molecular complexity index is 1030. The average molecular weight is 496 g/mol. The molecule has 1 aromatic heterocycles. The number of nitrogens with zero attached hydrogens (tertiary/aromatic N) is 1. The number of hydrogen-bond donors (Lipinski definition) is 0. The summed E-state index contributed by atoms with van der Waals surface area (Å²) in [6.45, 7) is 2.21. The minimum atomic E-state index is -0.634. The average Bonchev–Trinajstić information content (AvgIpc) is 3.28. The predicted molar refractivity (Wildman–Crippen MR) is 113 cm³/mol. The second-order valence-corrected chi connectivity index (χ2v) is 7.84. The Balaban J connectivity index is 1.83. The van der Waals surface area contributed by atoms with Gasteiger partial charge in [0.1, 0.15) is 5.76 Å². The molecule has 0 spiro atoms. The summed E-state index contributed by atoms with van der Waals surface area (Å²) >= 11 is 4.25. The molecule has 158 valence electrons. The number of thioether (sulfide) groups is 1. The van der Waals surface area contributed by atoms with Gasteiger partial charge in [-0.05, 0) is 70.5 Å². The van der Waals surface area contributed by atoms with Crippen molar-refractivity contribution in [3.05, 3.63) is 50.7 Å². The monoisotopic (exact) mass is 495 g/mol. The van der Waals surface area contributed by atoms with Crippen LogP contribution in [0.25, 0.3) is 6.08 Å². The highest BCUT2D eigenvalue weighted by Gasteiger charge is 2.36. The van der Waals surface area contributed by atoms with E-state index in [1.165, 1.54) is 26.4 Å². The molecule has 0 unspecified atom stereocenters. The van der Waals surface area contributed by atoms with Crippen LogP contribution in [-0.2, 0) is 16.1 Å². The Hall–Kier alpha value is -2.72. The highest BCUT2D eigenvalue weighted by Crippen LogP contribution is 2.39. The zero-order valence-electron chi connectivity index (χ0n) is 16.4. The van der Waals surface area contributed by atoms with Crippen molar-refractivity contribution in [3.63, 3.8) is 0 Å². The number of ether oxygens (including phenoxy) is 3. The number of carbonyl (C=O) groups is 3. The van der Waals surface area contributed by atoms with E-state index in [1.54, 1.807) is 18.2 Å². The number of halogens is 1. The molecular formula is C20H18BrNO7S. The molecule has 10 heteroatoms. The van der Waals surface area contributed by atoms with Crippen molar-refractivity contribution in [3.8, 4) is 11.5 Å². The number of methoxy groups -OCH3 is 2. The lowest BCUT2D eigenvalue weighted by atomic mass is 10.2. The van der Waals surface area contributed by atoms with E-state index in [9.17, 15) is 14.4 Å². The lowest BCUT2D eigenvalue weighted by molar-refractivity contribution is -0.123. The molecule has 3 rings (SSSR count). The quantitative estimate of drug-likeness (QED) is 0.409. The van der Waals surface area contributed by atoms with Crippen LogP contribution in [0.15, 0.2) is 38.1 Å². The van der Waals surface area contributed by atoms with Gasteiger partial charge in [-0.3, -0.25) is 14.5 Å². The fourth-order valence-electron chi connectivity index (χ4n) is 2.75. The molecule has 0 N–H and O–H groups in total. The Kier molecular flexibility index (Phi) is 6.88. The fraction of sp³-hybridized carbons (Fsp3) is 0.250. The number of esters is 1. The molecule has 2 amide bonds. The van der Waals surface area contributed by atoms with Crippen LogP contribution in [0.5, 0.6) is 11.5 Å². The minimum Gasteiger partial charge on any atom is -0.492 e. The first-order valence-corrected chi connectivity index (χ1v) is 10.4. The van der Waals surface area contributed by atoms with Crippen molar-refractivity contribution in [2.45, 2.75) is 13.5 Å². The summed E-state index contributed by atoms with van der Waals surface area (Å²) in [5.41, 5.74) is 0.669. The van der Waals surface area contributed by atoms with Gasteiger partial charge in [0.15, 0.2) is 11.5 Å². The first-order valence-electron chi connectivity index (χ1n) is 8.80. The van der Waals surface area contributed by atoms with Crippen molar-refractivity contribution in [1.82, 2.24) is 4.90 Å². The van der Waals surface area contributed by atoms with E-state index in [0.717, 1.165) is 16.7 Å². The van der Waals surface area contributed by atoms with Crippen molar-refractivity contribution in [1.29, 1.82) is 0 Å².